The lowest BCUT2D eigenvalue weighted by molar-refractivity contribution is 0.0529. The van der Waals surface area contributed by atoms with Gasteiger partial charge in [-0.3, -0.25) is 4.99 Å². The molecule has 2 aliphatic heterocycles. The minimum absolute atomic E-state index is 0.167. The quantitative estimate of drug-likeness (QED) is 0.580. The van der Waals surface area contributed by atoms with Crippen LogP contribution in [-0.4, -0.2) is 63.3 Å². The summed E-state index contributed by atoms with van der Waals surface area (Å²) < 4.78 is 19.6. The zero-order valence-electron chi connectivity index (χ0n) is 17.6. The number of halogens is 1. The third-order valence-corrected chi connectivity index (χ3v) is 7.08. The van der Waals surface area contributed by atoms with E-state index >= 15 is 0 Å². The Morgan fingerprint density at radius 2 is 1.97 bits per heavy atom. The molecule has 2 fully saturated rings. The van der Waals surface area contributed by atoms with Crippen molar-refractivity contribution in [2.24, 2.45) is 4.99 Å². The molecule has 3 heterocycles. The molecule has 0 amide bonds. The van der Waals surface area contributed by atoms with Gasteiger partial charge in [0.1, 0.15) is 5.82 Å². The number of thiophene rings is 1. The van der Waals surface area contributed by atoms with Crippen molar-refractivity contribution in [1.29, 1.82) is 0 Å². The van der Waals surface area contributed by atoms with Crippen molar-refractivity contribution in [3.05, 3.63) is 53.2 Å². The van der Waals surface area contributed by atoms with Gasteiger partial charge in [0, 0.05) is 51.4 Å². The number of ether oxygens (including phenoxy) is 1. The highest BCUT2D eigenvalue weighted by atomic mass is 32.1. The predicted octanol–water partition coefficient (Wildman–Crippen LogP) is 3.72. The van der Waals surface area contributed by atoms with Crippen molar-refractivity contribution in [2.45, 2.75) is 25.2 Å². The lowest BCUT2D eigenvalue weighted by Gasteiger charge is -2.39. The summed E-state index contributed by atoms with van der Waals surface area (Å²) in [7, 11) is 0. The van der Waals surface area contributed by atoms with Crippen LogP contribution in [0.4, 0.5) is 9.39 Å². The first-order chi connectivity index (χ1) is 14.7. The SMILES string of the molecule is CCNC(=NCC1(c2cccc(F)c2)CCOCC1)N1CCN(c2cccs2)CC1. The first-order valence-corrected chi connectivity index (χ1v) is 11.7. The number of guanidine groups is 1. The molecule has 1 aromatic carbocycles. The maximum Gasteiger partial charge on any atom is 0.194 e. The fraction of sp³-hybridized carbons (Fsp3) is 0.522. The topological polar surface area (TPSA) is 40.1 Å². The first-order valence-electron chi connectivity index (χ1n) is 10.9. The summed E-state index contributed by atoms with van der Waals surface area (Å²) in [5.74, 6) is 0.782. The van der Waals surface area contributed by atoms with Crippen molar-refractivity contribution in [2.75, 3.05) is 57.4 Å². The Hall–Kier alpha value is -2.12. The van der Waals surface area contributed by atoms with Crippen LogP contribution in [0.5, 0.6) is 0 Å². The van der Waals surface area contributed by atoms with Crippen LogP contribution in [0.1, 0.15) is 25.3 Å². The molecule has 1 N–H and O–H groups in total. The van der Waals surface area contributed by atoms with Crippen LogP contribution in [0.15, 0.2) is 46.8 Å². The lowest BCUT2D eigenvalue weighted by Crippen LogP contribution is -2.53. The largest absolute Gasteiger partial charge is 0.381 e. The number of hydrogen-bond donors (Lipinski definition) is 1. The van der Waals surface area contributed by atoms with Gasteiger partial charge in [-0.2, -0.15) is 0 Å². The van der Waals surface area contributed by atoms with Crippen molar-refractivity contribution < 1.29 is 9.13 Å². The Bertz CT molecular complexity index is 827. The van der Waals surface area contributed by atoms with Crippen LogP contribution in [0.3, 0.4) is 0 Å². The lowest BCUT2D eigenvalue weighted by atomic mass is 9.74. The molecule has 7 heteroatoms. The Kier molecular flexibility index (Phi) is 6.89. The van der Waals surface area contributed by atoms with E-state index in [1.54, 1.807) is 23.5 Å². The molecule has 2 saturated heterocycles. The molecular formula is C23H31FN4OS. The van der Waals surface area contributed by atoms with E-state index in [1.165, 1.54) is 11.1 Å². The number of rotatable bonds is 5. The minimum atomic E-state index is -0.182. The molecule has 0 aliphatic carbocycles. The number of anilines is 1. The van der Waals surface area contributed by atoms with E-state index in [4.69, 9.17) is 9.73 Å². The molecule has 4 rings (SSSR count). The summed E-state index contributed by atoms with van der Waals surface area (Å²) in [5, 5.41) is 6.95. The van der Waals surface area contributed by atoms with Gasteiger partial charge >= 0.3 is 0 Å². The molecule has 0 saturated carbocycles. The Morgan fingerprint density at radius 3 is 2.63 bits per heavy atom. The van der Waals surface area contributed by atoms with Crippen molar-refractivity contribution in [3.63, 3.8) is 0 Å². The highest BCUT2D eigenvalue weighted by molar-refractivity contribution is 7.14. The summed E-state index contributed by atoms with van der Waals surface area (Å²) in [4.78, 5) is 9.86. The molecule has 0 atom stereocenters. The molecule has 30 heavy (non-hydrogen) atoms. The average molecular weight is 431 g/mol. The summed E-state index contributed by atoms with van der Waals surface area (Å²) in [5.41, 5.74) is 0.868. The molecule has 5 nitrogen and oxygen atoms in total. The molecular weight excluding hydrogens is 399 g/mol. The van der Waals surface area contributed by atoms with Crippen LogP contribution in [0, 0.1) is 5.82 Å². The van der Waals surface area contributed by atoms with E-state index in [9.17, 15) is 4.39 Å². The maximum atomic E-state index is 14.0. The van der Waals surface area contributed by atoms with E-state index in [0.29, 0.717) is 19.8 Å². The summed E-state index contributed by atoms with van der Waals surface area (Å²) in [6.07, 6.45) is 1.73. The van der Waals surface area contributed by atoms with Gasteiger partial charge in [-0.25, -0.2) is 4.39 Å². The van der Waals surface area contributed by atoms with Gasteiger partial charge in [-0.1, -0.05) is 12.1 Å². The second-order valence-electron chi connectivity index (χ2n) is 8.00. The summed E-state index contributed by atoms with van der Waals surface area (Å²) >= 11 is 1.80. The van der Waals surface area contributed by atoms with Gasteiger partial charge in [0.25, 0.3) is 0 Å². The number of nitrogens with one attached hydrogen (secondary N) is 1. The standard InChI is InChI=1S/C23H31FN4OS/c1-2-25-22(28-12-10-27(11-13-28)21-7-4-16-30-21)26-18-23(8-14-29-15-9-23)19-5-3-6-20(24)17-19/h3-7,16-17H,2,8-15,18H2,1H3,(H,25,26). The second-order valence-corrected chi connectivity index (χ2v) is 8.92. The first kappa shape index (κ1) is 21.1. The molecule has 162 valence electrons. The fourth-order valence-electron chi connectivity index (χ4n) is 4.36. The molecule has 0 spiro atoms. The smallest absolute Gasteiger partial charge is 0.194 e. The Balaban J connectivity index is 1.49. The highest BCUT2D eigenvalue weighted by Crippen LogP contribution is 2.35. The van der Waals surface area contributed by atoms with Crippen LogP contribution in [0.2, 0.25) is 0 Å². The monoisotopic (exact) mass is 430 g/mol. The van der Waals surface area contributed by atoms with Crippen molar-refractivity contribution in [3.8, 4) is 0 Å². The molecule has 0 radical (unpaired) electrons. The van der Waals surface area contributed by atoms with E-state index in [0.717, 1.165) is 57.1 Å². The summed E-state index contributed by atoms with van der Waals surface area (Å²) in [6.45, 7) is 8.85. The molecule has 2 aromatic rings. The fourth-order valence-corrected chi connectivity index (χ4v) is 5.14. The van der Waals surface area contributed by atoms with Gasteiger partial charge < -0.3 is 19.9 Å². The van der Waals surface area contributed by atoms with Crippen LogP contribution in [0.25, 0.3) is 0 Å². The maximum absolute atomic E-state index is 14.0. The van der Waals surface area contributed by atoms with Gasteiger partial charge in [0.15, 0.2) is 5.96 Å². The summed E-state index contributed by atoms with van der Waals surface area (Å²) in [6, 6.07) is 11.3. The van der Waals surface area contributed by atoms with Crippen molar-refractivity contribution >= 4 is 22.3 Å². The highest BCUT2D eigenvalue weighted by Gasteiger charge is 2.35. The van der Waals surface area contributed by atoms with Crippen LogP contribution < -0.4 is 10.2 Å². The third-order valence-electron chi connectivity index (χ3n) is 6.15. The van der Waals surface area contributed by atoms with Crippen LogP contribution >= 0.6 is 11.3 Å². The number of piperazine rings is 1. The average Bonchev–Trinajstić information content (AvgIpc) is 3.32. The zero-order chi connectivity index (χ0) is 20.8. The molecule has 1 aromatic heterocycles. The van der Waals surface area contributed by atoms with Gasteiger partial charge in [0.2, 0.25) is 0 Å². The minimum Gasteiger partial charge on any atom is -0.381 e. The van der Waals surface area contributed by atoms with E-state index in [2.05, 4.69) is 39.6 Å². The van der Waals surface area contributed by atoms with Crippen LogP contribution in [-0.2, 0) is 10.2 Å². The van der Waals surface area contributed by atoms with E-state index < -0.39 is 0 Å². The molecule has 2 aliphatic rings. The number of hydrogen-bond acceptors (Lipinski definition) is 4. The Labute approximate surface area is 182 Å². The molecule has 0 bridgehead atoms. The van der Waals surface area contributed by atoms with Gasteiger partial charge in [-0.15, -0.1) is 11.3 Å². The normalized spacial score (nSPS) is 19.7. The van der Waals surface area contributed by atoms with E-state index in [1.807, 2.05) is 6.07 Å². The third kappa shape index (κ3) is 4.78. The Morgan fingerprint density at radius 1 is 1.17 bits per heavy atom. The van der Waals surface area contributed by atoms with Gasteiger partial charge in [0.05, 0.1) is 11.5 Å². The zero-order valence-corrected chi connectivity index (χ0v) is 18.5. The van der Waals surface area contributed by atoms with E-state index in [-0.39, 0.29) is 11.2 Å². The number of nitrogens with zero attached hydrogens (tertiary/aromatic N) is 3. The number of aliphatic imine (C=N–C) groups is 1. The second kappa shape index (κ2) is 9.79. The van der Waals surface area contributed by atoms with Gasteiger partial charge in [-0.05, 0) is 55.0 Å². The van der Waals surface area contributed by atoms with Crippen molar-refractivity contribution in [1.82, 2.24) is 10.2 Å². The number of benzene rings is 1. The predicted molar refractivity (Wildman–Crippen MR) is 122 cm³/mol. The molecule has 0 unspecified atom stereocenters.